The van der Waals surface area contributed by atoms with Crippen molar-refractivity contribution in [2.45, 2.75) is 77.6 Å². The van der Waals surface area contributed by atoms with E-state index in [1.165, 1.54) is 0 Å². The second kappa shape index (κ2) is 14.8. The van der Waals surface area contributed by atoms with Gasteiger partial charge in [-0.25, -0.2) is 0 Å². The molecule has 0 unspecified atom stereocenters. The summed E-state index contributed by atoms with van der Waals surface area (Å²) in [6.45, 7) is 2.69. The quantitative estimate of drug-likeness (QED) is 0.201. The first-order valence-electron chi connectivity index (χ1n) is 9.73. The predicted molar refractivity (Wildman–Crippen MR) is 107 cm³/mol. The second-order valence-corrected chi connectivity index (χ2v) is 7.39. The Balaban J connectivity index is 1.92. The van der Waals surface area contributed by atoms with Gasteiger partial charge in [0.2, 0.25) is 0 Å². The standard InChI is InChI=1S/C21H31BrO4/c1-2-3-10-17-25-20(23)11-8-6-4-5-7-9-12-21(24)26-19-15-13-18(22)14-16-19/h13-16H,2-12,17H2,1H3. The molecule has 146 valence electrons. The number of ether oxygens (including phenoxy) is 2. The van der Waals surface area contributed by atoms with E-state index in [0.29, 0.717) is 25.2 Å². The molecule has 0 bridgehead atoms. The number of carbonyl (C=O) groups excluding carboxylic acids is 2. The molecule has 4 nitrogen and oxygen atoms in total. The molecule has 0 fully saturated rings. The average molecular weight is 427 g/mol. The largest absolute Gasteiger partial charge is 0.466 e. The highest BCUT2D eigenvalue weighted by molar-refractivity contribution is 9.10. The first-order valence-corrected chi connectivity index (χ1v) is 10.5. The average Bonchev–Trinajstić information content (AvgIpc) is 2.63. The van der Waals surface area contributed by atoms with Gasteiger partial charge in [-0.2, -0.15) is 0 Å². The summed E-state index contributed by atoms with van der Waals surface area (Å²) in [5, 5.41) is 0. The maximum Gasteiger partial charge on any atom is 0.311 e. The van der Waals surface area contributed by atoms with Gasteiger partial charge < -0.3 is 9.47 Å². The highest BCUT2D eigenvalue weighted by atomic mass is 79.9. The van der Waals surface area contributed by atoms with Gasteiger partial charge in [0.05, 0.1) is 6.61 Å². The minimum atomic E-state index is -0.182. The van der Waals surface area contributed by atoms with Crippen LogP contribution in [0, 0.1) is 0 Å². The number of benzene rings is 1. The molecule has 0 spiro atoms. The lowest BCUT2D eigenvalue weighted by molar-refractivity contribution is -0.144. The molecular weight excluding hydrogens is 396 g/mol. The van der Waals surface area contributed by atoms with Crippen LogP contribution in [0.3, 0.4) is 0 Å². The molecule has 0 atom stereocenters. The van der Waals surface area contributed by atoms with Crippen LogP contribution in [0.2, 0.25) is 0 Å². The highest BCUT2D eigenvalue weighted by Crippen LogP contribution is 2.17. The molecule has 0 amide bonds. The number of carbonyl (C=O) groups is 2. The molecule has 0 aliphatic carbocycles. The van der Waals surface area contributed by atoms with Crippen molar-refractivity contribution in [2.24, 2.45) is 0 Å². The fraction of sp³-hybridized carbons (Fsp3) is 0.619. The maximum atomic E-state index is 11.7. The van der Waals surface area contributed by atoms with Gasteiger partial charge in [-0.1, -0.05) is 61.4 Å². The number of halogens is 1. The summed E-state index contributed by atoms with van der Waals surface area (Å²) in [5.74, 6) is 0.328. The summed E-state index contributed by atoms with van der Waals surface area (Å²) >= 11 is 3.35. The number of hydrogen-bond acceptors (Lipinski definition) is 4. The Labute approximate surface area is 165 Å². The SMILES string of the molecule is CCCCCOC(=O)CCCCCCCCC(=O)Oc1ccc(Br)cc1. The first-order chi connectivity index (χ1) is 12.6. The van der Waals surface area contributed by atoms with Crippen LogP contribution in [-0.4, -0.2) is 18.5 Å². The minimum Gasteiger partial charge on any atom is -0.466 e. The van der Waals surface area contributed by atoms with Gasteiger partial charge in [0.15, 0.2) is 0 Å². The number of rotatable bonds is 14. The van der Waals surface area contributed by atoms with Crippen molar-refractivity contribution in [1.82, 2.24) is 0 Å². The fourth-order valence-corrected chi connectivity index (χ4v) is 2.81. The van der Waals surface area contributed by atoms with Crippen molar-refractivity contribution in [1.29, 1.82) is 0 Å². The summed E-state index contributed by atoms with van der Waals surface area (Å²) < 4.78 is 11.4. The summed E-state index contributed by atoms with van der Waals surface area (Å²) in [6, 6.07) is 7.25. The molecule has 1 aromatic rings. The Kier molecular flexibility index (Phi) is 12.9. The van der Waals surface area contributed by atoms with E-state index in [1.54, 1.807) is 12.1 Å². The Morgan fingerprint density at radius 2 is 1.38 bits per heavy atom. The van der Waals surface area contributed by atoms with Crippen LogP contribution in [0.25, 0.3) is 0 Å². The zero-order valence-corrected chi connectivity index (χ0v) is 17.4. The topological polar surface area (TPSA) is 52.6 Å². The van der Waals surface area contributed by atoms with E-state index in [1.807, 2.05) is 12.1 Å². The van der Waals surface area contributed by atoms with E-state index in [4.69, 9.17) is 9.47 Å². The van der Waals surface area contributed by atoms with E-state index in [-0.39, 0.29) is 11.9 Å². The van der Waals surface area contributed by atoms with Crippen LogP contribution >= 0.6 is 15.9 Å². The van der Waals surface area contributed by atoms with Gasteiger partial charge >= 0.3 is 11.9 Å². The Morgan fingerprint density at radius 3 is 2.00 bits per heavy atom. The van der Waals surface area contributed by atoms with Crippen molar-refractivity contribution >= 4 is 27.9 Å². The molecule has 0 N–H and O–H groups in total. The minimum absolute atomic E-state index is 0.0724. The van der Waals surface area contributed by atoms with Crippen molar-refractivity contribution in [3.05, 3.63) is 28.7 Å². The highest BCUT2D eigenvalue weighted by Gasteiger charge is 2.05. The smallest absolute Gasteiger partial charge is 0.311 e. The molecule has 0 radical (unpaired) electrons. The van der Waals surface area contributed by atoms with Crippen molar-refractivity contribution in [3.8, 4) is 5.75 Å². The number of unbranched alkanes of at least 4 members (excludes halogenated alkanes) is 7. The molecule has 0 saturated heterocycles. The van der Waals surface area contributed by atoms with Gasteiger partial charge in [-0.15, -0.1) is 0 Å². The van der Waals surface area contributed by atoms with E-state index in [2.05, 4.69) is 22.9 Å². The predicted octanol–water partition coefficient (Wildman–Crippen LogP) is 6.21. The van der Waals surface area contributed by atoms with E-state index >= 15 is 0 Å². The number of hydrogen-bond donors (Lipinski definition) is 0. The Hall–Kier alpha value is -1.36. The molecule has 0 saturated carbocycles. The van der Waals surface area contributed by atoms with Crippen LogP contribution in [0.4, 0.5) is 0 Å². The van der Waals surface area contributed by atoms with Crippen LogP contribution in [0.1, 0.15) is 77.6 Å². The zero-order valence-electron chi connectivity index (χ0n) is 15.8. The summed E-state index contributed by atoms with van der Waals surface area (Å²) in [7, 11) is 0. The monoisotopic (exact) mass is 426 g/mol. The molecule has 5 heteroatoms. The lowest BCUT2D eigenvalue weighted by atomic mass is 10.1. The van der Waals surface area contributed by atoms with Gasteiger partial charge in [-0.3, -0.25) is 9.59 Å². The van der Waals surface area contributed by atoms with E-state index in [9.17, 15) is 9.59 Å². The molecule has 0 aliphatic heterocycles. The van der Waals surface area contributed by atoms with Crippen LogP contribution in [0.5, 0.6) is 5.75 Å². The lowest BCUT2D eigenvalue weighted by Gasteiger charge is -2.05. The maximum absolute atomic E-state index is 11.7. The van der Waals surface area contributed by atoms with Crippen molar-refractivity contribution < 1.29 is 19.1 Å². The third-order valence-corrected chi connectivity index (χ3v) is 4.60. The third kappa shape index (κ3) is 12.1. The second-order valence-electron chi connectivity index (χ2n) is 6.48. The third-order valence-electron chi connectivity index (χ3n) is 4.07. The van der Waals surface area contributed by atoms with Gasteiger partial charge in [0.1, 0.15) is 5.75 Å². The molecule has 0 aromatic heterocycles. The van der Waals surface area contributed by atoms with E-state index < -0.39 is 0 Å². The number of esters is 2. The van der Waals surface area contributed by atoms with Gasteiger partial charge in [-0.05, 0) is 43.5 Å². The van der Waals surface area contributed by atoms with E-state index in [0.717, 1.165) is 62.3 Å². The lowest BCUT2D eigenvalue weighted by Crippen LogP contribution is -2.07. The summed E-state index contributed by atoms with van der Waals surface area (Å²) in [6.07, 6.45) is 10.1. The summed E-state index contributed by atoms with van der Waals surface area (Å²) in [5.41, 5.74) is 0. The fourth-order valence-electron chi connectivity index (χ4n) is 2.54. The van der Waals surface area contributed by atoms with Crippen molar-refractivity contribution in [3.63, 3.8) is 0 Å². The Morgan fingerprint density at radius 1 is 0.808 bits per heavy atom. The van der Waals surface area contributed by atoms with Crippen molar-refractivity contribution in [2.75, 3.05) is 6.61 Å². The molecule has 26 heavy (non-hydrogen) atoms. The normalized spacial score (nSPS) is 10.5. The van der Waals surface area contributed by atoms with Gasteiger partial charge in [0.25, 0.3) is 0 Å². The summed E-state index contributed by atoms with van der Waals surface area (Å²) in [4.78, 5) is 23.3. The molecule has 0 aliphatic rings. The van der Waals surface area contributed by atoms with Crippen LogP contribution in [-0.2, 0) is 14.3 Å². The van der Waals surface area contributed by atoms with Crippen LogP contribution < -0.4 is 4.74 Å². The zero-order chi connectivity index (χ0) is 19.0. The molecule has 1 aromatic carbocycles. The molecule has 1 rings (SSSR count). The van der Waals surface area contributed by atoms with Crippen LogP contribution in [0.15, 0.2) is 28.7 Å². The first kappa shape index (κ1) is 22.7. The Bertz CT molecular complexity index is 513. The van der Waals surface area contributed by atoms with Gasteiger partial charge in [0, 0.05) is 17.3 Å². The molecular formula is C21H31BrO4. The molecule has 0 heterocycles.